The molecule has 1 fully saturated rings. The van der Waals surface area contributed by atoms with Crippen LogP contribution in [-0.2, 0) is 0 Å². The number of nitrogens with two attached hydrogens (primary N) is 1. The quantitative estimate of drug-likeness (QED) is 0.619. The van der Waals surface area contributed by atoms with Gasteiger partial charge in [-0.05, 0) is 31.4 Å². The van der Waals surface area contributed by atoms with E-state index in [1.54, 1.807) is 13.0 Å². The Labute approximate surface area is 104 Å². The average Bonchev–Trinajstić information content (AvgIpc) is 2.26. The summed E-state index contributed by atoms with van der Waals surface area (Å²) >= 11 is 0. The van der Waals surface area contributed by atoms with E-state index < -0.39 is 4.92 Å². The summed E-state index contributed by atoms with van der Waals surface area (Å²) in [5.74, 6) is -0.279. The fourth-order valence-corrected chi connectivity index (χ4v) is 2.05. The van der Waals surface area contributed by atoms with E-state index in [-0.39, 0.29) is 23.7 Å². The maximum Gasteiger partial charge on any atom is 0.270 e. The number of nitro groups is 1. The smallest absolute Gasteiger partial charge is 0.270 e. The van der Waals surface area contributed by atoms with Crippen molar-refractivity contribution >= 4 is 11.6 Å². The molecular weight excluding hydrogens is 234 g/mol. The number of carbonyl (C=O) groups excluding carboxylic acids is 1. The highest BCUT2D eigenvalue weighted by Gasteiger charge is 2.27. The Balaban J connectivity index is 2.12. The summed E-state index contributed by atoms with van der Waals surface area (Å²) in [5, 5.41) is 13.5. The summed E-state index contributed by atoms with van der Waals surface area (Å²) in [5.41, 5.74) is 6.58. The molecule has 0 spiro atoms. The van der Waals surface area contributed by atoms with Crippen LogP contribution in [0.3, 0.4) is 0 Å². The molecule has 0 bridgehead atoms. The Morgan fingerprint density at radius 3 is 2.67 bits per heavy atom. The van der Waals surface area contributed by atoms with Gasteiger partial charge in [-0.15, -0.1) is 0 Å². The van der Waals surface area contributed by atoms with Crippen LogP contribution in [0.4, 0.5) is 5.69 Å². The number of hydrogen-bond acceptors (Lipinski definition) is 4. The normalized spacial score (nSPS) is 22.1. The second kappa shape index (κ2) is 4.73. The number of aryl methyl sites for hydroxylation is 1. The van der Waals surface area contributed by atoms with Gasteiger partial charge in [-0.1, -0.05) is 0 Å². The number of non-ortho nitro benzene ring substituents is 1. The first-order chi connectivity index (χ1) is 8.45. The van der Waals surface area contributed by atoms with Gasteiger partial charge in [-0.25, -0.2) is 0 Å². The standard InChI is InChI=1S/C12H15N3O3/c1-7-2-8(4-11(3-7)15(17)18)12(16)14-10-5-9(13)6-10/h2-4,9-10H,5-6,13H2,1H3,(H,14,16). The maximum atomic E-state index is 11.9. The van der Waals surface area contributed by atoms with E-state index in [2.05, 4.69) is 5.32 Å². The van der Waals surface area contributed by atoms with Gasteiger partial charge in [0.05, 0.1) is 4.92 Å². The molecule has 0 atom stereocenters. The maximum absolute atomic E-state index is 11.9. The summed E-state index contributed by atoms with van der Waals surface area (Å²) in [4.78, 5) is 22.1. The van der Waals surface area contributed by atoms with Gasteiger partial charge < -0.3 is 11.1 Å². The van der Waals surface area contributed by atoms with Crippen molar-refractivity contribution in [2.24, 2.45) is 5.73 Å². The first kappa shape index (κ1) is 12.5. The van der Waals surface area contributed by atoms with Crippen LogP contribution < -0.4 is 11.1 Å². The molecule has 1 saturated carbocycles. The molecule has 0 aromatic heterocycles. The summed E-state index contributed by atoms with van der Waals surface area (Å²) in [6.07, 6.45) is 1.53. The van der Waals surface area contributed by atoms with Crippen LogP contribution >= 0.6 is 0 Å². The monoisotopic (exact) mass is 249 g/mol. The van der Waals surface area contributed by atoms with Crippen molar-refractivity contribution < 1.29 is 9.72 Å². The lowest BCUT2D eigenvalue weighted by atomic mass is 9.87. The molecule has 0 unspecified atom stereocenters. The Morgan fingerprint density at radius 1 is 1.44 bits per heavy atom. The number of benzene rings is 1. The molecule has 1 aliphatic carbocycles. The fraction of sp³-hybridized carbons (Fsp3) is 0.417. The molecule has 6 nitrogen and oxygen atoms in total. The van der Waals surface area contributed by atoms with Gasteiger partial charge in [-0.2, -0.15) is 0 Å². The third-order valence-electron chi connectivity index (χ3n) is 3.04. The minimum atomic E-state index is -0.497. The number of nitro benzene ring substituents is 1. The zero-order chi connectivity index (χ0) is 13.3. The SMILES string of the molecule is Cc1cc(C(=O)NC2CC(N)C2)cc([N+](=O)[O-])c1. The largest absolute Gasteiger partial charge is 0.349 e. The highest BCUT2D eigenvalue weighted by Crippen LogP contribution is 2.20. The van der Waals surface area contributed by atoms with Crippen molar-refractivity contribution in [1.29, 1.82) is 0 Å². The molecule has 0 saturated heterocycles. The molecule has 0 radical (unpaired) electrons. The van der Waals surface area contributed by atoms with Gasteiger partial charge >= 0.3 is 0 Å². The Morgan fingerprint density at radius 2 is 2.11 bits per heavy atom. The van der Waals surface area contributed by atoms with Gasteiger partial charge in [0.15, 0.2) is 0 Å². The van der Waals surface area contributed by atoms with Crippen LogP contribution in [0.5, 0.6) is 0 Å². The zero-order valence-electron chi connectivity index (χ0n) is 10.1. The lowest BCUT2D eigenvalue weighted by Gasteiger charge is -2.32. The highest BCUT2D eigenvalue weighted by molar-refractivity contribution is 5.95. The third kappa shape index (κ3) is 2.65. The van der Waals surface area contributed by atoms with E-state index in [0.29, 0.717) is 11.1 Å². The summed E-state index contributed by atoms with van der Waals surface area (Å²) in [6.45, 7) is 1.73. The fourth-order valence-electron chi connectivity index (χ4n) is 2.05. The minimum absolute atomic E-state index is 0.0644. The number of nitrogens with one attached hydrogen (secondary N) is 1. The second-order valence-corrected chi connectivity index (χ2v) is 4.72. The third-order valence-corrected chi connectivity index (χ3v) is 3.04. The molecule has 1 aliphatic rings. The Hall–Kier alpha value is -1.95. The molecule has 6 heteroatoms. The minimum Gasteiger partial charge on any atom is -0.349 e. The molecule has 0 aliphatic heterocycles. The van der Waals surface area contributed by atoms with Crippen LogP contribution in [0.25, 0.3) is 0 Å². The lowest BCUT2D eigenvalue weighted by Crippen LogP contribution is -2.50. The van der Waals surface area contributed by atoms with E-state index in [1.807, 2.05) is 0 Å². The molecule has 1 aromatic rings. The van der Waals surface area contributed by atoms with E-state index in [0.717, 1.165) is 12.8 Å². The topological polar surface area (TPSA) is 98.3 Å². The second-order valence-electron chi connectivity index (χ2n) is 4.72. The van der Waals surface area contributed by atoms with Crippen LogP contribution in [0, 0.1) is 17.0 Å². The molecule has 0 heterocycles. The van der Waals surface area contributed by atoms with Crippen molar-refractivity contribution in [2.45, 2.75) is 31.8 Å². The van der Waals surface area contributed by atoms with Crippen LogP contribution in [0.15, 0.2) is 18.2 Å². The Bertz CT molecular complexity index is 495. The molecular formula is C12H15N3O3. The first-order valence-electron chi connectivity index (χ1n) is 5.78. The van der Waals surface area contributed by atoms with E-state index in [4.69, 9.17) is 5.73 Å². The number of hydrogen-bond donors (Lipinski definition) is 2. The van der Waals surface area contributed by atoms with Crippen LogP contribution in [-0.4, -0.2) is 22.9 Å². The number of rotatable bonds is 3. The zero-order valence-corrected chi connectivity index (χ0v) is 10.1. The van der Waals surface area contributed by atoms with Gasteiger partial charge in [0.2, 0.25) is 0 Å². The van der Waals surface area contributed by atoms with Crippen molar-refractivity contribution in [3.8, 4) is 0 Å². The highest BCUT2D eigenvalue weighted by atomic mass is 16.6. The van der Waals surface area contributed by atoms with Crippen molar-refractivity contribution in [2.75, 3.05) is 0 Å². The number of nitrogens with zero attached hydrogens (tertiary/aromatic N) is 1. The number of amides is 1. The summed E-state index contributed by atoms with van der Waals surface area (Å²) < 4.78 is 0. The van der Waals surface area contributed by atoms with E-state index in [9.17, 15) is 14.9 Å². The predicted molar refractivity (Wildman–Crippen MR) is 66.3 cm³/mol. The summed E-state index contributed by atoms with van der Waals surface area (Å²) in [7, 11) is 0. The Kier molecular flexibility index (Phi) is 3.29. The first-order valence-corrected chi connectivity index (χ1v) is 5.78. The van der Waals surface area contributed by atoms with Gasteiger partial charge in [0.1, 0.15) is 0 Å². The van der Waals surface area contributed by atoms with E-state index in [1.165, 1.54) is 12.1 Å². The molecule has 18 heavy (non-hydrogen) atoms. The molecule has 3 N–H and O–H groups in total. The van der Waals surface area contributed by atoms with Crippen molar-refractivity contribution in [1.82, 2.24) is 5.32 Å². The summed E-state index contributed by atoms with van der Waals surface area (Å²) in [6, 6.07) is 4.62. The molecule has 2 rings (SSSR count). The van der Waals surface area contributed by atoms with Gasteiger partial charge in [-0.3, -0.25) is 14.9 Å². The molecule has 96 valence electrons. The number of carbonyl (C=O) groups is 1. The molecule has 1 aromatic carbocycles. The van der Waals surface area contributed by atoms with Crippen LogP contribution in [0.1, 0.15) is 28.8 Å². The predicted octanol–water partition coefficient (Wildman–Crippen LogP) is 1.12. The van der Waals surface area contributed by atoms with Crippen molar-refractivity contribution in [3.05, 3.63) is 39.4 Å². The van der Waals surface area contributed by atoms with Crippen molar-refractivity contribution in [3.63, 3.8) is 0 Å². The lowest BCUT2D eigenvalue weighted by molar-refractivity contribution is -0.384. The average molecular weight is 249 g/mol. The van der Waals surface area contributed by atoms with Crippen LogP contribution in [0.2, 0.25) is 0 Å². The molecule has 1 amide bonds. The van der Waals surface area contributed by atoms with E-state index >= 15 is 0 Å². The van der Waals surface area contributed by atoms with Gasteiger partial charge in [0.25, 0.3) is 11.6 Å². The van der Waals surface area contributed by atoms with Gasteiger partial charge in [0, 0.05) is 29.8 Å².